The van der Waals surface area contributed by atoms with Crippen LogP contribution in [0, 0.1) is 11.7 Å². The van der Waals surface area contributed by atoms with E-state index in [-0.39, 0.29) is 5.75 Å². The number of nitrogen functional groups attached to an aromatic ring is 1. The van der Waals surface area contributed by atoms with Crippen molar-refractivity contribution in [2.24, 2.45) is 5.92 Å². The van der Waals surface area contributed by atoms with Crippen molar-refractivity contribution >= 4 is 11.4 Å². The Bertz CT molecular complexity index is 445. The van der Waals surface area contributed by atoms with Crippen molar-refractivity contribution in [1.82, 2.24) is 0 Å². The lowest BCUT2D eigenvalue weighted by atomic mass is 10.0. The highest BCUT2D eigenvalue weighted by Gasteiger charge is 2.14. The fraction of sp³-hybridized carbons (Fsp3) is 0.647. The molecule has 1 saturated carbocycles. The van der Waals surface area contributed by atoms with Crippen molar-refractivity contribution in [1.29, 1.82) is 0 Å². The molecule has 0 heterocycles. The van der Waals surface area contributed by atoms with E-state index in [4.69, 9.17) is 10.5 Å². The third kappa shape index (κ3) is 4.80. The zero-order valence-electron chi connectivity index (χ0n) is 13.0. The van der Waals surface area contributed by atoms with Gasteiger partial charge in [-0.1, -0.05) is 32.6 Å². The largest absolute Gasteiger partial charge is 0.490 e. The average molecular weight is 294 g/mol. The molecule has 3 nitrogen and oxygen atoms in total. The first-order valence-corrected chi connectivity index (χ1v) is 8.16. The van der Waals surface area contributed by atoms with Gasteiger partial charge in [0, 0.05) is 18.7 Å². The summed E-state index contributed by atoms with van der Waals surface area (Å²) in [6.07, 6.45) is 8.80. The van der Waals surface area contributed by atoms with Gasteiger partial charge >= 0.3 is 0 Å². The minimum atomic E-state index is -0.391. The number of nitrogens with one attached hydrogen (secondary N) is 1. The van der Waals surface area contributed by atoms with Gasteiger partial charge in [-0.3, -0.25) is 0 Å². The summed E-state index contributed by atoms with van der Waals surface area (Å²) in [7, 11) is 0. The summed E-state index contributed by atoms with van der Waals surface area (Å²) in [5.74, 6) is 0.794. The summed E-state index contributed by atoms with van der Waals surface area (Å²) in [5, 5.41) is 3.31. The molecule has 1 aromatic rings. The summed E-state index contributed by atoms with van der Waals surface area (Å²) in [4.78, 5) is 0. The predicted molar refractivity (Wildman–Crippen MR) is 86.3 cm³/mol. The van der Waals surface area contributed by atoms with Crippen molar-refractivity contribution < 1.29 is 9.13 Å². The molecule has 0 atom stereocenters. The summed E-state index contributed by atoms with van der Waals surface area (Å²) in [5.41, 5.74) is 7.08. The van der Waals surface area contributed by atoms with Gasteiger partial charge in [0.05, 0.1) is 18.0 Å². The highest BCUT2D eigenvalue weighted by molar-refractivity contribution is 5.68. The zero-order valence-corrected chi connectivity index (χ0v) is 13.0. The maximum Gasteiger partial charge on any atom is 0.167 e. The Labute approximate surface area is 127 Å². The number of halogens is 1. The molecular formula is C17H27FN2O. The van der Waals surface area contributed by atoms with Gasteiger partial charge in [0.15, 0.2) is 11.6 Å². The van der Waals surface area contributed by atoms with Crippen LogP contribution in [0.15, 0.2) is 12.1 Å². The number of nitrogens with two attached hydrogens (primary N) is 1. The topological polar surface area (TPSA) is 47.3 Å². The molecule has 0 amide bonds. The molecule has 1 aliphatic rings. The van der Waals surface area contributed by atoms with E-state index < -0.39 is 5.82 Å². The van der Waals surface area contributed by atoms with Crippen molar-refractivity contribution in [3.05, 3.63) is 17.9 Å². The van der Waals surface area contributed by atoms with Crippen molar-refractivity contribution in [2.45, 2.75) is 51.9 Å². The van der Waals surface area contributed by atoms with Crippen molar-refractivity contribution in [3.63, 3.8) is 0 Å². The van der Waals surface area contributed by atoms with Crippen LogP contribution in [0.5, 0.6) is 5.75 Å². The fourth-order valence-corrected chi connectivity index (χ4v) is 2.96. The normalized spacial score (nSPS) is 15.3. The van der Waals surface area contributed by atoms with Crippen LogP contribution < -0.4 is 15.8 Å². The molecule has 21 heavy (non-hydrogen) atoms. The van der Waals surface area contributed by atoms with Gasteiger partial charge < -0.3 is 15.8 Å². The molecule has 0 radical (unpaired) electrons. The Morgan fingerprint density at radius 3 is 2.81 bits per heavy atom. The smallest absolute Gasteiger partial charge is 0.167 e. The minimum Gasteiger partial charge on any atom is -0.490 e. The fourth-order valence-electron chi connectivity index (χ4n) is 2.96. The number of anilines is 2. The van der Waals surface area contributed by atoms with E-state index in [1.807, 2.05) is 6.92 Å². The van der Waals surface area contributed by atoms with Crippen LogP contribution in [0.2, 0.25) is 0 Å². The summed E-state index contributed by atoms with van der Waals surface area (Å²) >= 11 is 0. The average Bonchev–Trinajstić information content (AvgIpc) is 2.97. The third-order valence-electron chi connectivity index (χ3n) is 4.15. The minimum absolute atomic E-state index is 0.282. The predicted octanol–water partition coefficient (Wildman–Crippen LogP) is 4.58. The molecule has 0 unspecified atom stereocenters. The molecule has 0 aliphatic heterocycles. The second-order valence-electron chi connectivity index (χ2n) is 5.94. The number of ether oxygens (including phenoxy) is 1. The van der Waals surface area contributed by atoms with Gasteiger partial charge in [-0.25, -0.2) is 4.39 Å². The molecule has 3 N–H and O–H groups in total. The molecule has 4 heteroatoms. The van der Waals surface area contributed by atoms with Crippen LogP contribution in [0.25, 0.3) is 0 Å². The highest BCUT2D eigenvalue weighted by atomic mass is 19.1. The van der Waals surface area contributed by atoms with Crippen molar-refractivity contribution in [3.8, 4) is 5.75 Å². The van der Waals surface area contributed by atoms with Crippen LogP contribution in [0.1, 0.15) is 51.9 Å². The van der Waals surface area contributed by atoms with Crippen LogP contribution in [0.4, 0.5) is 15.8 Å². The molecule has 0 saturated heterocycles. The Hall–Kier alpha value is -1.45. The molecule has 118 valence electrons. The van der Waals surface area contributed by atoms with Crippen LogP contribution >= 0.6 is 0 Å². The Kier molecular flexibility index (Phi) is 6.15. The Balaban J connectivity index is 1.83. The maximum atomic E-state index is 13.7. The molecule has 0 bridgehead atoms. The van der Waals surface area contributed by atoms with Crippen LogP contribution in [0.3, 0.4) is 0 Å². The number of rotatable bonds is 8. The van der Waals surface area contributed by atoms with E-state index in [9.17, 15) is 4.39 Å². The molecule has 2 rings (SSSR count). The first kappa shape index (κ1) is 15.9. The van der Waals surface area contributed by atoms with E-state index in [0.717, 1.165) is 31.0 Å². The van der Waals surface area contributed by atoms with Crippen LogP contribution in [-0.4, -0.2) is 13.2 Å². The van der Waals surface area contributed by atoms with Crippen LogP contribution in [-0.2, 0) is 0 Å². The summed E-state index contributed by atoms with van der Waals surface area (Å²) in [6.45, 7) is 3.39. The van der Waals surface area contributed by atoms with E-state index in [0.29, 0.717) is 12.3 Å². The number of hydrogen-bond acceptors (Lipinski definition) is 3. The second kappa shape index (κ2) is 8.11. The molecular weight excluding hydrogens is 267 g/mol. The Morgan fingerprint density at radius 2 is 2.10 bits per heavy atom. The second-order valence-corrected chi connectivity index (χ2v) is 5.94. The first-order chi connectivity index (χ1) is 10.2. The molecule has 1 aromatic carbocycles. The molecule has 1 fully saturated rings. The van der Waals surface area contributed by atoms with Gasteiger partial charge in [-0.15, -0.1) is 0 Å². The molecule has 0 aromatic heterocycles. The third-order valence-corrected chi connectivity index (χ3v) is 4.15. The molecule has 1 aliphatic carbocycles. The lowest BCUT2D eigenvalue weighted by Crippen LogP contribution is -2.07. The summed E-state index contributed by atoms with van der Waals surface area (Å²) < 4.78 is 19.1. The van der Waals surface area contributed by atoms with Gasteiger partial charge in [0.1, 0.15) is 0 Å². The van der Waals surface area contributed by atoms with Gasteiger partial charge in [-0.05, 0) is 25.2 Å². The van der Waals surface area contributed by atoms with E-state index in [1.54, 1.807) is 6.07 Å². The standard InChI is InChI=1S/C17H27FN2O/c1-2-10-21-17-12-16(15(19)11-14(17)18)20-9-5-8-13-6-3-4-7-13/h11-13,20H,2-10,19H2,1H3. The van der Waals surface area contributed by atoms with Gasteiger partial charge in [0.25, 0.3) is 0 Å². The highest BCUT2D eigenvalue weighted by Crippen LogP contribution is 2.30. The Morgan fingerprint density at radius 1 is 1.33 bits per heavy atom. The SMILES string of the molecule is CCCOc1cc(NCCCC2CCCC2)c(N)cc1F. The van der Waals surface area contributed by atoms with E-state index in [1.165, 1.54) is 38.2 Å². The van der Waals surface area contributed by atoms with Crippen molar-refractivity contribution in [2.75, 3.05) is 24.2 Å². The maximum absolute atomic E-state index is 13.7. The number of benzene rings is 1. The van der Waals surface area contributed by atoms with E-state index >= 15 is 0 Å². The van der Waals surface area contributed by atoms with E-state index in [2.05, 4.69) is 5.32 Å². The lowest BCUT2D eigenvalue weighted by molar-refractivity contribution is 0.301. The quantitative estimate of drug-likeness (QED) is 0.545. The first-order valence-electron chi connectivity index (χ1n) is 8.16. The van der Waals surface area contributed by atoms with Gasteiger partial charge in [-0.2, -0.15) is 0 Å². The van der Waals surface area contributed by atoms with Gasteiger partial charge in [0.2, 0.25) is 0 Å². The zero-order chi connectivity index (χ0) is 15.1. The monoisotopic (exact) mass is 294 g/mol. The lowest BCUT2D eigenvalue weighted by Gasteiger charge is -2.14. The number of hydrogen-bond donors (Lipinski definition) is 2. The molecule has 0 spiro atoms. The summed E-state index contributed by atoms with van der Waals surface area (Å²) in [6, 6.07) is 3.01.